The lowest BCUT2D eigenvalue weighted by Crippen LogP contribution is -2.29. The van der Waals surface area contributed by atoms with Crippen LogP contribution in [-0.4, -0.2) is 48.7 Å². The van der Waals surface area contributed by atoms with Gasteiger partial charge in [-0.15, -0.1) is 0 Å². The van der Waals surface area contributed by atoms with Crippen molar-refractivity contribution < 1.29 is 38.8 Å². The smallest absolute Gasteiger partial charge is 0.338 e. The van der Waals surface area contributed by atoms with Crippen molar-refractivity contribution in [3.8, 4) is 17.2 Å². The van der Waals surface area contributed by atoms with E-state index in [0.29, 0.717) is 17.1 Å². The predicted molar refractivity (Wildman–Crippen MR) is 135 cm³/mol. The zero-order valence-electron chi connectivity index (χ0n) is 20.4. The van der Waals surface area contributed by atoms with E-state index in [1.165, 1.54) is 49.5 Å². The second-order valence-electron chi connectivity index (χ2n) is 8.10. The molecule has 0 aromatic heterocycles. The highest BCUT2D eigenvalue weighted by Crippen LogP contribution is 2.43. The molecule has 9 heteroatoms. The van der Waals surface area contributed by atoms with Gasteiger partial charge in [0, 0.05) is 11.3 Å². The number of rotatable bonds is 7. The molecule has 9 nitrogen and oxygen atoms in total. The van der Waals surface area contributed by atoms with Crippen LogP contribution in [0.15, 0.2) is 72.3 Å². The molecule has 4 rings (SSSR count). The topological polar surface area (TPSA) is 123 Å². The largest absolute Gasteiger partial charge is 0.508 e. The van der Waals surface area contributed by atoms with Gasteiger partial charge in [0.1, 0.15) is 11.5 Å². The fourth-order valence-corrected chi connectivity index (χ4v) is 4.21. The molecule has 3 aromatic rings. The number of anilines is 1. The molecule has 1 heterocycles. The molecular weight excluding hydrogens is 478 g/mol. The Balaban J connectivity index is 1.91. The highest BCUT2D eigenvalue weighted by molar-refractivity contribution is 6.51. The van der Waals surface area contributed by atoms with E-state index in [9.17, 15) is 24.6 Å². The minimum atomic E-state index is -1.05. The van der Waals surface area contributed by atoms with Crippen LogP contribution in [0.4, 0.5) is 5.69 Å². The lowest BCUT2D eigenvalue weighted by molar-refractivity contribution is -0.132. The summed E-state index contributed by atoms with van der Waals surface area (Å²) in [7, 11) is 2.91. The predicted octanol–water partition coefficient (Wildman–Crippen LogP) is 4.21. The van der Waals surface area contributed by atoms with E-state index in [-0.39, 0.29) is 34.7 Å². The van der Waals surface area contributed by atoms with Crippen LogP contribution in [0.25, 0.3) is 5.76 Å². The Labute approximate surface area is 213 Å². The average molecular weight is 504 g/mol. The Morgan fingerprint density at radius 2 is 1.62 bits per heavy atom. The zero-order valence-corrected chi connectivity index (χ0v) is 20.4. The molecule has 0 spiro atoms. The number of benzene rings is 3. The maximum Gasteiger partial charge on any atom is 0.338 e. The van der Waals surface area contributed by atoms with Gasteiger partial charge >= 0.3 is 5.97 Å². The summed E-state index contributed by atoms with van der Waals surface area (Å²) in [6, 6.07) is 15.6. The monoisotopic (exact) mass is 503 g/mol. The fourth-order valence-electron chi connectivity index (χ4n) is 4.21. The number of ketones is 1. The van der Waals surface area contributed by atoms with Crippen LogP contribution in [0.5, 0.6) is 17.2 Å². The molecular formula is C28H25NO8. The van der Waals surface area contributed by atoms with Gasteiger partial charge < -0.3 is 24.4 Å². The number of phenolic OH excluding ortho intramolecular Hbond substituents is 1. The third kappa shape index (κ3) is 4.71. The molecule has 2 N–H and O–H groups in total. The summed E-state index contributed by atoms with van der Waals surface area (Å²) in [5.41, 5.74) is 0.993. The molecule has 190 valence electrons. The second kappa shape index (κ2) is 10.4. The summed E-state index contributed by atoms with van der Waals surface area (Å²) < 4.78 is 15.6. The highest BCUT2D eigenvalue weighted by atomic mass is 16.5. The minimum Gasteiger partial charge on any atom is -0.508 e. The number of nitrogens with zero attached hydrogens (tertiary/aromatic N) is 1. The number of methoxy groups -OCH3 is 2. The van der Waals surface area contributed by atoms with E-state index in [4.69, 9.17) is 14.2 Å². The molecule has 1 aliphatic heterocycles. The number of carbonyl (C=O) groups is 3. The van der Waals surface area contributed by atoms with Crippen LogP contribution in [0.2, 0.25) is 0 Å². The molecule has 3 aromatic carbocycles. The number of ether oxygens (including phenoxy) is 3. The maximum atomic E-state index is 13.4. The lowest BCUT2D eigenvalue weighted by atomic mass is 9.95. The summed E-state index contributed by atoms with van der Waals surface area (Å²) >= 11 is 0. The Bertz CT molecular complexity index is 1390. The molecule has 1 aliphatic rings. The van der Waals surface area contributed by atoms with E-state index in [0.717, 1.165) is 0 Å². The van der Waals surface area contributed by atoms with Gasteiger partial charge in [0.2, 0.25) is 0 Å². The molecule has 1 amide bonds. The van der Waals surface area contributed by atoms with Crippen molar-refractivity contribution in [3.63, 3.8) is 0 Å². The molecule has 0 saturated carbocycles. The molecule has 1 saturated heterocycles. The number of hydrogen-bond acceptors (Lipinski definition) is 8. The van der Waals surface area contributed by atoms with Crippen LogP contribution in [0, 0.1) is 0 Å². The van der Waals surface area contributed by atoms with Gasteiger partial charge in [-0.25, -0.2) is 4.79 Å². The highest BCUT2D eigenvalue weighted by Gasteiger charge is 2.47. The summed E-state index contributed by atoms with van der Waals surface area (Å²) in [4.78, 5) is 40.2. The van der Waals surface area contributed by atoms with Gasteiger partial charge in [-0.05, 0) is 61.0 Å². The number of phenols is 1. The lowest BCUT2D eigenvalue weighted by Gasteiger charge is -2.26. The number of aliphatic hydroxyl groups is 1. The number of hydrogen-bond donors (Lipinski definition) is 2. The number of aromatic hydroxyl groups is 1. The van der Waals surface area contributed by atoms with E-state index in [2.05, 4.69) is 0 Å². The second-order valence-corrected chi connectivity index (χ2v) is 8.10. The Kier molecular flexibility index (Phi) is 7.15. The summed E-state index contributed by atoms with van der Waals surface area (Å²) in [6.45, 7) is 1.85. The molecule has 1 fully saturated rings. The van der Waals surface area contributed by atoms with Gasteiger partial charge in [0.05, 0.1) is 38.0 Å². The summed E-state index contributed by atoms with van der Waals surface area (Å²) in [5, 5.41) is 21.1. The maximum absolute atomic E-state index is 13.4. The van der Waals surface area contributed by atoms with E-state index in [1.807, 2.05) is 0 Å². The number of carbonyl (C=O) groups excluding carboxylic acids is 3. The van der Waals surface area contributed by atoms with Crippen LogP contribution in [0.1, 0.15) is 34.5 Å². The van der Waals surface area contributed by atoms with Gasteiger partial charge in [-0.3, -0.25) is 14.5 Å². The van der Waals surface area contributed by atoms with Gasteiger partial charge in [0.15, 0.2) is 11.5 Å². The van der Waals surface area contributed by atoms with Crippen molar-refractivity contribution in [2.24, 2.45) is 0 Å². The third-order valence-electron chi connectivity index (χ3n) is 5.95. The fraction of sp³-hybridized carbons (Fsp3) is 0.179. The normalized spacial score (nSPS) is 16.5. The number of aliphatic hydroxyl groups excluding tert-OH is 1. The molecule has 1 atom stereocenters. The number of amides is 1. The van der Waals surface area contributed by atoms with Gasteiger partial charge in [-0.2, -0.15) is 0 Å². The number of esters is 1. The van der Waals surface area contributed by atoms with Crippen molar-refractivity contribution in [1.29, 1.82) is 0 Å². The van der Waals surface area contributed by atoms with Crippen molar-refractivity contribution in [3.05, 3.63) is 89.0 Å². The van der Waals surface area contributed by atoms with Gasteiger partial charge in [-0.1, -0.05) is 18.2 Å². The number of Topliss-reactive ketones (excluding diaryl/α,β-unsaturated/α-hetero) is 1. The summed E-state index contributed by atoms with van der Waals surface area (Å²) in [5.74, 6) is -2.05. The molecule has 0 bridgehead atoms. The van der Waals surface area contributed by atoms with Crippen LogP contribution >= 0.6 is 0 Å². The Hall–Kier alpha value is -4.79. The quantitative estimate of drug-likeness (QED) is 0.213. The van der Waals surface area contributed by atoms with Crippen LogP contribution in [-0.2, 0) is 14.3 Å². The first-order valence-corrected chi connectivity index (χ1v) is 11.4. The zero-order chi connectivity index (χ0) is 26.7. The third-order valence-corrected chi connectivity index (χ3v) is 5.95. The van der Waals surface area contributed by atoms with E-state index in [1.54, 1.807) is 43.3 Å². The summed E-state index contributed by atoms with van der Waals surface area (Å²) in [6.07, 6.45) is 0. The Morgan fingerprint density at radius 3 is 2.27 bits per heavy atom. The van der Waals surface area contributed by atoms with Crippen molar-refractivity contribution in [1.82, 2.24) is 0 Å². The Morgan fingerprint density at radius 1 is 0.919 bits per heavy atom. The van der Waals surface area contributed by atoms with Crippen molar-refractivity contribution in [2.75, 3.05) is 25.7 Å². The average Bonchev–Trinajstić information content (AvgIpc) is 3.18. The van der Waals surface area contributed by atoms with Crippen LogP contribution in [0.3, 0.4) is 0 Å². The first kappa shape index (κ1) is 25.3. The molecule has 0 aliphatic carbocycles. The van der Waals surface area contributed by atoms with E-state index < -0.39 is 29.5 Å². The molecule has 37 heavy (non-hydrogen) atoms. The first-order chi connectivity index (χ1) is 17.8. The molecule has 0 radical (unpaired) electrons. The standard InChI is InChI=1S/C28H25NO8/c1-4-37-28(34)18-6-5-7-19(14-18)29-24(16-8-11-20(30)12-9-16)23(26(32)27(29)33)25(31)17-10-13-21(35-2)22(15-17)36-3/h5-15,24,30-31H,4H2,1-3H3/b25-23+. The molecule has 1 unspecified atom stereocenters. The first-order valence-electron chi connectivity index (χ1n) is 11.4. The van der Waals surface area contributed by atoms with E-state index >= 15 is 0 Å². The minimum absolute atomic E-state index is 0.00935. The SMILES string of the molecule is CCOC(=O)c1cccc(N2C(=O)C(=O)/C(=C(/O)c3ccc(OC)c(OC)c3)C2c2ccc(O)cc2)c1. The van der Waals surface area contributed by atoms with Crippen molar-refractivity contribution >= 4 is 29.1 Å². The van der Waals surface area contributed by atoms with Gasteiger partial charge in [0.25, 0.3) is 11.7 Å². The van der Waals surface area contributed by atoms with Crippen molar-refractivity contribution in [2.45, 2.75) is 13.0 Å². The van der Waals surface area contributed by atoms with Crippen LogP contribution < -0.4 is 14.4 Å².